The molecule has 0 radical (unpaired) electrons. The highest BCUT2D eigenvalue weighted by Crippen LogP contribution is 2.45. The van der Waals surface area contributed by atoms with Crippen LogP contribution in [0.5, 0.6) is 0 Å². The summed E-state index contributed by atoms with van der Waals surface area (Å²) in [5.74, 6) is 0.238. The zero-order valence-corrected chi connectivity index (χ0v) is 26.3. The third-order valence-corrected chi connectivity index (χ3v) is 21.8. The van der Waals surface area contributed by atoms with Gasteiger partial charge in [-0.15, -0.1) is 0 Å². The van der Waals surface area contributed by atoms with Gasteiger partial charge in [-0.2, -0.15) is 0 Å². The summed E-state index contributed by atoms with van der Waals surface area (Å²) in [6.07, 6.45) is 0.214. The highest BCUT2D eigenvalue weighted by molar-refractivity contribution is 6.75. The van der Waals surface area contributed by atoms with Crippen molar-refractivity contribution in [2.45, 2.75) is 148 Å². The number of hydrogen-bond acceptors (Lipinski definition) is 4. The van der Waals surface area contributed by atoms with Gasteiger partial charge < -0.3 is 13.3 Å². The van der Waals surface area contributed by atoms with Gasteiger partial charge in [0.25, 0.3) is 0 Å². The molecule has 0 saturated heterocycles. The van der Waals surface area contributed by atoms with Crippen molar-refractivity contribution in [1.29, 1.82) is 0 Å². The molecule has 2 atom stereocenters. The fraction of sp³-hybridized carbons (Fsp3) is 0.958. The first kappa shape index (κ1) is 29.2. The number of carbonyl (C=O) groups excluding carboxylic acids is 1. The Labute approximate surface area is 196 Å². The molecule has 0 aromatic carbocycles. The van der Waals surface area contributed by atoms with Gasteiger partial charge in [-0.05, 0) is 54.4 Å². The van der Waals surface area contributed by atoms with Gasteiger partial charge >= 0.3 is 0 Å². The molecule has 0 heterocycles. The molecule has 0 aliphatic heterocycles. The van der Waals surface area contributed by atoms with E-state index in [-0.39, 0.29) is 39.2 Å². The van der Waals surface area contributed by atoms with Crippen LogP contribution in [0.15, 0.2) is 0 Å². The van der Waals surface area contributed by atoms with E-state index in [2.05, 4.69) is 102 Å². The van der Waals surface area contributed by atoms with E-state index < -0.39 is 25.0 Å². The van der Waals surface area contributed by atoms with Crippen LogP contribution in [0.25, 0.3) is 0 Å². The number of rotatable bonds is 6. The van der Waals surface area contributed by atoms with Crippen molar-refractivity contribution >= 4 is 30.7 Å². The third kappa shape index (κ3) is 7.09. The average Bonchev–Trinajstić information content (AvgIpc) is 2.46. The molecule has 1 fully saturated rings. The second-order valence-electron chi connectivity index (χ2n) is 14.1. The largest absolute Gasteiger partial charge is 0.411 e. The van der Waals surface area contributed by atoms with Crippen LogP contribution in [-0.4, -0.2) is 49.0 Å². The number of ketones is 1. The molecule has 0 N–H and O–H groups in total. The predicted octanol–water partition coefficient (Wildman–Crippen LogP) is 7.52. The highest BCUT2D eigenvalue weighted by Gasteiger charge is 2.51. The minimum Gasteiger partial charge on any atom is -0.411 e. The zero-order chi connectivity index (χ0) is 24.8. The van der Waals surface area contributed by atoms with Crippen LogP contribution in [0.2, 0.25) is 54.4 Å². The van der Waals surface area contributed by atoms with Crippen molar-refractivity contribution < 1.29 is 18.1 Å². The van der Waals surface area contributed by atoms with Gasteiger partial charge in [-0.1, -0.05) is 62.3 Å². The summed E-state index contributed by atoms with van der Waals surface area (Å²) in [6.45, 7) is 33.9. The summed E-state index contributed by atoms with van der Waals surface area (Å²) >= 11 is 0. The molecule has 31 heavy (non-hydrogen) atoms. The van der Waals surface area contributed by atoms with Crippen LogP contribution in [-0.2, 0) is 18.1 Å². The lowest BCUT2D eigenvalue weighted by Crippen LogP contribution is -2.60. The summed E-state index contributed by atoms with van der Waals surface area (Å²) < 4.78 is 20.7. The maximum absolute atomic E-state index is 12.9. The molecule has 4 nitrogen and oxygen atoms in total. The van der Waals surface area contributed by atoms with Crippen molar-refractivity contribution in [2.75, 3.05) is 0 Å². The summed E-state index contributed by atoms with van der Waals surface area (Å²) in [4.78, 5) is 12.9. The Morgan fingerprint density at radius 3 is 1.10 bits per heavy atom. The lowest BCUT2D eigenvalue weighted by atomic mass is 9.91. The quantitative estimate of drug-likeness (QED) is 0.363. The molecule has 0 amide bonds. The summed E-state index contributed by atoms with van der Waals surface area (Å²) in [6, 6.07) is 0. The fourth-order valence-corrected chi connectivity index (χ4v) is 6.99. The van der Waals surface area contributed by atoms with Gasteiger partial charge in [0, 0.05) is 12.8 Å². The molecule has 1 aliphatic carbocycles. The third-order valence-electron chi connectivity index (χ3n) is 8.33. The molecule has 184 valence electrons. The SMILES string of the molecule is CC(C)(C)[Si](C)(C)OC1[C@H](O[Si](C)(C)C(C)(C)C)CC(=O)C[C@H]1O[Si](C)(C)C(C)(C)C. The second kappa shape index (κ2) is 9.10. The first-order valence-electron chi connectivity index (χ1n) is 12.0. The van der Waals surface area contributed by atoms with Crippen LogP contribution >= 0.6 is 0 Å². The van der Waals surface area contributed by atoms with Gasteiger partial charge in [-0.25, -0.2) is 0 Å². The standard InChI is InChI=1S/C24H52O4Si3/c1-22(2,3)29(10,11)26-19-16-18(25)17-20(27-30(12,13)23(4,5)6)21(19)28-31(14,15)24(7,8)9/h19-21H,16-17H2,1-15H3/t19-,20-/m1/s1. The molecule has 0 aromatic rings. The second-order valence-corrected chi connectivity index (χ2v) is 28.4. The van der Waals surface area contributed by atoms with E-state index in [1.807, 2.05) is 0 Å². The van der Waals surface area contributed by atoms with Gasteiger partial charge in [-0.3, -0.25) is 4.79 Å². The topological polar surface area (TPSA) is 44.8 Å². The molecule has 0 bridgehead atoms. The molecule has 7 heteroatoms. The van der Waals surface area contributed by atoms with Gasteiger partial charge in [0.1, 0.15) is 5.78 Å². The van der Waals surface area contributed by atoms with Crippen molar-refractivity contribution in [3.63, 3.8) is 0 Å². The van der Waals surface area contributed by atoms with Gasteiger partial charge in [0.05, 0.1) is 18.3 Å². The van der Waals surface area contributed by atoms with Crippen LogP contribution in [0.1, 0.15) is 75.2 Å². The first-order chi connectivity index (χ1) is 13.4. The van der Waals surface area contributed by atoms with Gasteiger partial charge in [0.2, 0.25) is 0 Å². The zero-order valence-electron chi connectivity index (χ0n) is 23.3. The minimum atomic E-state index is -2.08. The van der Waals surface area contributed by atoms with Crippen molar-refractivity contribution in [3.8, 4) is 0 Å². The monoisotopic (exact) mass is 488 g/mol. The molecule has 1 aliphatic rings. The highest BCUT2D eigenvalue weighted by atomic mass is 28.4. The predicted molar refractivity (Wildman–Crippen MR) is 140 cm³/mol. The van der Waals surface area contributed by atoms with Crippen molar-refractivity contribution in [3.05, 3.63) is 0 Å². The average molecular weight is 489 g/mol. The van der Waals surface area contributed by atoms with E-state index in [0.29, 0.717) is 12.8 Å². The van der Waals surface area contributed by atoms with Crippen LogP contribution < -0.4 is 0 Å². The van der Waals surface area contributed by atoms with E-state index in [1.165, 1.54) is 0 Å². The van der Waals surface area contributed by atoms with Crippen LogP contribution in [0, 0.1) is 0 Å². The normalized spacial score (nSPS) is 23.4. The molecular weight excluding hydrogens is 437 g/mol. The minimum absolute atomic E-state index is 0.0742. The molecular formula is C24H52O4Si3. The molecule has 1 rings (SSSR count). The van der Waals surface area contributed by atoms with E-state index in [0.717, 1.165) is 0 Å². The van der Waals surface area contributed by atoms with E-state index in [4.69, 9.17) is 13.3 Å². The number of hydrogen-bond donors (Lipinski definition) is 0. The Balaban J connectivity index is 3.41. The Kier molecular flexibility index (Phi) is 8.58. The first-order valence-corrected chi connectivity index (χ1v) is 20.7. The van der Waals surface area contributed by atoms with E-state index in [9.17, 15) is 4.79 Å². The Morgan fingerprint density at radius 2 is 0.839 bits per heavy atom. The Bertz CT molecular complexity index is 597. The fourth-order valence-electron chi connectivity index (χ4n) is 3.00. The summed E-state index contributed by atoms with van der Waals surface area (Å²) in [7, 11) is -6.22. The number of carbonyl (C=O) groups is 1. The maximum Gasteiger partial charge on any atom is 0.192 e. The van der Waals surface area contributed by atoms with E-state index >= 15 is 0 Å². The summed E-state index contributed by atoms with van der Waals surface area (Å²) in [5, 5.41) is 0.229. The lowest BCUT2D eigenvalue weighted by Gasteiger charge is -2.50. The Hall–Kier alpha value is 0.201. The Morgan fingerprint density at radius 1 is 0.581 bits per heavy atom. The lowest BCUT2D eigenvalue weighted by molar-refractivity contribution is -0.135. The van der Waals surface area contributed by atoms with Crippen molar-refractivity contribution in [2.24, 2.45) is 0 Å². The smallest absolute Gasteiger partial charge is 0.192 e. The van der Waals surface area contributed by atoms with Gasteiger partial charge in [0.15, 0.2) is 25.0 Å². The number of Topliss-reactive ketones (excluding diaryl/α,β-unsaturated/α-hetero) is 1. The van der Waals surface area contributed by atoms with Crippen molar-refractivity contribution in [1.82, 2.24) is 0 Å². The molecule has 1 saturated carbocycles. The molecule has 0 unspecified atom stereocenters. The van der Waals surface area contributed by atoms with E-state index in [1.54, 1.807) is 0 Å². The molecule has 0 spiro atoms. The van der Waals surface area contributed by atoms with Crippen LogP contribution in [0.4, 0.5) is 0 Å². The molecule has 0 aromatic heterocycles. The van der Waals surface area contributed by atoms with Crippen LogP contribution in [0.3, 0.4) is 0 Å². The summed E-state index contributed by atoms with van der Waals surface area (Å²) in [5.41, 5.74) is 0. The maximum atomic E-state index is 12.9.